The summed E-state index contributed by atoms with van der Waals surface area (Å²) in [5, 5.41) is 12.8. The third-order valence-electron chi connectivity index (χ3n) is 7.76. The lowest BCUT2D eigenvalue weighted by Crippen LogP contribution is -2.50. The highest BCUT2D eigenvalue weighted by molar-refractivity contribution is 6.02. The van der Waals surface area contributed by atoms with Crippen molar-refractivity contribution < 1.29 is 9.32 Å². The molecule has 8 heteroatoms. The second-order valence-electron chi connectivity index (χ2n) is 10.4. The standard InChI is InChI=1S/C33H30N6O2/c1-2-8-28-35-31(29-30(37-41-32(29)36-28)25-16-15-22-9-3-4-11-24(22)21-25)38-17-19-39(20-18-38)33(40)34-27-14-7-12-23-10-5-6-13-26(23)27/h3-7,9-16,21H,2,8,17-20H2,1H3,(H,34,40). The van der Waals surface area contributed by atoms with Crippen LogP contribution >= 0.6 is 0 Å². The zero-order chi connectivity index (χ0) is 27.8. The van der Waals surface area contributed by atoms with Gasteiger partial charge in [0.25, 0.3) is 5.71 Å². The number of aromatic nitrogens is 3. The fourth-order valence-electron chi connectivity index (χ4n) is 5.63. The fraction of sp³-hybridized carbons (Fsp3) is 0.212. The molecule has 1 fully saturated rings. The molecule has 0 saturated carbocycles. The van der Waals surface area contributed by atoms with E-state index in [0.29, 0.717) is 31.9 Å². The number of amides is 2. The molecule has 204 valence electrons. The molecule has 1 aliphatic rings. The molecular weight excluding hydrogens is 512 g/mol. The Hall–Kier alpha value is -4.98. The van der Waals surface area contributed by atoms with E-state index in [9.17, 15) is 4.79 Å². The molecule has 7 rings (SSSR count). The number of nitrogens with one attached hydrogen (secondary N) is 1. The summed E-state index contributed by atoms with van der Waals surface area (Å²) < 4.78 is 5.79. The first-order valence-corrected chi connectivity index (χ1v) is 14.1. The molecule has 0 unspecified atom stereocenters. The number of aryl methyl sites for hydroxylation is 1. The van der Waals surface area contributed by atoms with Crippen molar-refractivity contribution in [3.63, 3.8) is 0 Å². The van der Waals surface area contributed by atoms with Crippen molar-refractivity contribution in [1.29, 1.82) is 0 Å². The number of fused-ring (bicyclic) bond motifs is 3. The summed E-state index contributed by atoms with van der Waals surface area (Å²) in [6.07, 6.45) is 1.68. The molecule has 2 aromatic heterocycles. The van der Waals surface area contributed by atoms with E-state index in [1.807, 2.05) is 47.4 Å². The van der Waals surface area contributed by atoms with Gasteiger partial charge in [0.15, 0.2) is 0 Å². The number of hydrogen-bond donors (Lipinski definition) is 1. The Balaban J connectivity index is 1.17. The fourth-order valence-corrected chi connectivity index (χ4v) is 5.63. The summed E-state index contributed by atoms with van der Waals surface area (Å²) in [4.78, 5) is 27.1. The Morgan fingerprint density at radius 2 is 1.61 bits per heavy atom. The topological polar surface area (TPSA) is 87.4 Å². The second kappa shape index (κ2) is 10.5. The van der Waals surface area contributed by atoms with Gasteiger partial charge in [-0.1, -0.05) is 84.9 Å². The number of carbonyl (C=O) groups is 1. The lowest BCUT2D eigenvalue weighted by Gasteiger charge is -2.35. The molecule has 1 aliphatic heterocycles. The SMILES string of the molecule is CCCc1nc(N2CCN(C(=O)Nc3cccc4ccccc34)CC2)c2c(-c3ccc4ccccc4c3)noc2n1. The van der Waals surface area contributed by atoms with Gasteiger partial charge in [-0.25, -0.2) is 9.78 Å². The van der Waals surface area contributed by atoms with Crippen molar-refractivity contribution in [2.75, 3.05) is 36.4 Å². The number of hydrogen-bond acceptors (Lipinski definition) is 6. The average Bonchev–Trinajstić information content (AvgIpc) is 3.45. The third kappa shape index (κ3) is 4.71. The molecule has 2 amide bonds. The maximum atomic E-state index is 13.3. The minimum atomic E-state index is -0.0951. The van der Waals surface area contributed by atoms with Gasteiger partial charge < -0.3 is 19.6 Å². The first-order chi connectivity index (χ1) is 20.2. The molecule has 8 nitrogen and oxygen atoms in total. The number of nitrogens with zero attached hydrogens (tertiary/aromatic N) is 5. The molecular formula is C33H30N6O2. The zero-order valence-electron chi connectivity index (χ0n) is 22.9. The summed E-state index contributed by atoms with van der Waals surface area (Å²) in [7, 11) is 0. The predicted octanol–water partition coefficient (Wildman–Crippen LogP) is 6.90. The molecule has 6 aromatic rings. The summed E-state index contributed by atoms with van der Waals surface area (Å²) >= 11 is 0. The highest BCUT2D eigenvalue weighted by atomic mass is 16.5. The van der Waals surface area contributed by atoms with Crippen molar-refractivity contribution in [1.82, 2.24) is 20.0 Å². The monoisotopic (exact) mass is 542 g/mol. The van der Waals surface area contributed by atoms with Crippen molar-refractivity contribution >= 4 is 50.2 Å². The molecule has 41 heavy (non-hydrogen) atoms. The number of piperazine rings is 1. The van der Waals surface area contributed by atoms with Gasteiger partial charge in [0, 0.05) is 43.5 Å². The Morgan fingerprint density at radius 1 is 0.854 bits per heavy atom. The zero-order valence-corrected chi connectivity index (χ0v) is 22.9. The van der Waals surface area contributed by atoms with Crippen molar-refractivity contribution in [2.24, 2.45) is 0 Å². The Bertz CT molecular complexity index is 1880. The van der Waals surface area contributed by atoms with E-state index in [1.165, 1.54) is 5.39 Å². The second-order valence-corrected chi connectivity index (χ2v) is 10.4. The maximum absolute atomic E-state index is 13.3. The Kier molecular flexibility index (Phi) is 6.43. The largest absolute Gasteiger partial charge is 0.352 e. The van der Waals surface area contributed by atoms with E-state index in [4.69, 9.17) is 14.5 Å². The van der Waals surface area contributed by atoms with Crippen LogP contribution in [-0.4, -0.2) is 52.2 Å². The van der Waals surface area contributed by atoms with Crippen LogP contribution in [0.25, 0.3) is 43.9 Å². The van der Waals surface area contributed by atoms with Crippen LogP contribution in [0.3, 0.4) is 0 Å². The lowest BCUT2D eigenvalue weighted by molar-refractivity contribution is 0.208. The smallest absolute Gasteiger partial charge is 0.321 e. The van der Waals surface area contributed by atoms with Crippen LogP contribution in [0.4, 0.5) is 16.3 Å². The van der Waals surface area contributed by atoms with Gasteiger partial charge in [0.05, 0.1) is 5.69 Å². The first kappa shape index (κ1) is 25.0. The van der Waals surface area contributed by atoms with Crippen molar-refractivity contribution in [3.05, 3.63) is 90.8 Å². The van der Waals surface area contributed by atoms with Crippen LogP contribution in [0.1, 0.15) is 19.2 Å². The van der Waals surface area contributed by atoms with Crippen LogP contribution in [0, 0.1) is 0 Å². The molecule has 3 heterocycles. The predicted molar refractivity (Wildman–Crippen MR) is 163 cm³/mol. The maximum Gasteiger partial charge on any atom is 0.321 e. The Morgan fingerprint density at radius 3 is 2.44 bits per heavy atom. The summed E-state index contributed by atoms with van der Waals surface area (Å²) in [6.45, 7) is 4.54. The third-order valence-corrected chi connectivity index (χ3v) is 7.76. The highest BCUT2D eigenvalue weighted by Gasteiger charge is 2.27. The van der Waals surface area contributed by atoms with Crippen LogP contribution in [0.2, 0.25) is 0 Å². The quantitative estimate of drug-likeness (QED) is 0.255. The molecule has 1 N–H and O–H groups in total. The number of anilines is 2. The van der Waals surface area contributed by atoms with Gasteiger partial charge in [0.2, 0.25) is 0 Å². The van der Waals surface area contributed by atoms with Crippen LogP contribution in [0.5, 0.6) is 0 Å². The number of carbonyl (C=O) groups excluding carboxylic acids is 1. The number of rotatable bonds is 5. The summed E-state index contributed by atoms with van der Waals surface area (Å²) in [5.41, 5.74) is 3.02. The van der Waals surface area contributed by atoms with E-state index in [0.717, 1.165) is 63.0 Å². The van der Waals surface area contributed by atoms with E-state index in [2.05, 4.69) is 64.8 Å². The minimum absolute atomic E-state index is 0.0951. The van der Waals surface area contributed by atoms with Gasteiger partial charge >= 0.3 is 6.03 Å². The molecule has 0 atom stereocenters. The van der Waals surface area contributed by atoms with Gasteiger partial charge in [-0.15, -0.1) is 0 Å². The minimum Gasteiger partial charge on any atom is -0.352 e. The Labute approximate surface area is 237 Å². The first-order valence-electron chi connectivity index (χ1n) is 14.1. The molecule has 0 radical (unpaired) electrons. The lowest BCUT2D eigenvalue weighted by atomic mass is 10.0. The van der Waals surface area contributed by atoms with Gasteiger partial charge in [0.1, 0.15) is 22.7 Å². The molecule has 1 saturated heterocycles. The van der Waals surface area contributed by atoms with Crippen LogP contribution in [-0.2, 0) is 6.42 Å². The van der Waals surface area contributed by atoms with Gasteiger partial charge in [-0.05, 0) is 34.7 Å². The van der Waals surface area contributed by atoms with Crippen molar-refractivity contribution in [3.8, 4) is 11.3 Å². The van der Waals surface area contributed by atoms with Crippen LogP contribution in [0.15, 0.2) is 89.5 Å². The average molecular weight is 543 g/mol. The van der Waals surface area contributed by atoms with Gasteiger partial charge in [-0.3, -0.25) is 0 Å². The molecule has 0 aliphatic carbocycles. The molecule has 0 bridgehead atoms. The van der Waals surface area contributed by atoms with E-state index >= 15 is 0 Å². The number of urea groups is 1. The normalized spacial score (nSPS) is 13.8. The molecule has 0 spiro atoms. The van der Waals surface area contributed by atoms with E-state index in [-0.39, 0.29) is 6.03 Å². The summed E-state index contributed by atoms with van der Waals surface area (Å²) in [6, 6.07) is 28.5. The van der Waals surface area contributed by atoms with E-state index < -0.39 is 0 Å². The van der Waals surface area contributed by atoms with E-state index in [1.54, 1.807) is 0 Å². The summed E-state index contributed by atoms with van der Waals surface area (Å²) in [5.74, 6) is 1.56. The van der Waals surface area contributed by atoms with Gasteiger partial charge in [-0.2, -0.15) is 4.98 Å². The highest BCUT2D eigenvalue weighted by Crippen LogP contribution is 2.35. The van der Waals surface area contributed by atoms with Crippen LogP contribution < -0.4 is 10.2 Å². The number of benzene rings is 4. The van der Waals surface area contributed by atoms with Crippen molar-refractivity contribution in [2.45, 2.75) is 19.8 Å². The molecule has 4 aromatic carbocycles.